The molecule has 0 spiro atoms. The summed E-state index contributed by atoms with van der Waals surface area (Å²) in [5.74, 6) is -2.13. The maximum Gasteiger partial charge on any atom is 0.270 e. The molecular formula is C27H25F2N5O2. The number of aromatic amines is 1. The minimum atomic E-state index is -1.15. The van der Waals surface area contributed by atoms with E-state index in [2.05, 4.69) is 29.1 Å². The average Bonchev–Trinajstić information content (AvgIpc) is 3.64. The van der Waals surface area contributed by atoms with E-state index in [9.17, 15) is 23.6 Å². The van der Waals surface area contributed by atoms with Gasteiger partial charge in [-0.2, -0.15) is 5.26 Å². The normalized spacial score (nSPS) is 24.8. The Hall–Kier alpha value is -3.80. The summed E-state index contributed by atoms with van der Waals surface area (Å²) in [7, 11) is 0. The number of nitrogens with zero attached hydrogens (tertiary/aromatic N) is 3. The average molecular weight is 490 g/mol. The molecule has 36 heavy (non-hydrogen) atoms. The molecule has 9 heteroatoms. The van der Waals surface area contributed by atoms with E-state index < -0.39 is 29.6 Å². The topological polar surface area (TPSA) is 102 Å². The van der Waals surface area contributed by atoms with Crippen molar-refractivity contribution >= 4 is 22.6 Å². The maximum atomic E-state index is 14.3. The summed E-state index contributed by atoms with van der Waals surface area (Å²) in [5.41, 5.74) is 1.67. The van der Waals surface area contributed by atoms with Gasteiger partial charge < -0.3 is 15.2 Å². The third-order valence-electron chi connectivity index (χ3n) is 8.28. The van der Waals surface area contributed by atoms with Crippen molar-refractivity contribution in [2.24, 2.45) is 17.3 Å². The van der Waals surface area contributed by atoms with Crippen LogP contribution in [0.3, 0.4) is 0 Å². The maximum absolute atomic E-state index is 14.3. The van der Waals surface area contributed by atoms with E-state index in [4.69, 9.17) is 0 Å². The number of amides is 2. The Morgan fingerprint density at radius 2 is 1.97 bits per heavy atom. The number of carbonyl (C=O) groups is 2. The Morgan fingerprint density at radius 1 is 1.19 bits per heavy atom. The standard InChI is InChI=1S/C27H25F2N5O2/c1-27(2)17-12-34(26(36)20-8-7-19(32-20)13-3-4-13)24(22(17)27)25(35)33-21(9-30)15-10-31-11-16-14(15)5-6-18(28)23(16)29/h5-8,10-11,13,17,21-22,24,32H,3-4,12H2,1-2H3,(H,33,35)/t17-,21?,22-,24-/m0/s1. The zero-order valence-electron chi connectivity index (χ0n) is 19.9. The molecule has 184 valence electrons. The molecule has 3 aromatic rings. The molecule has 6 rings (SSSR count). The summed E-state index contributed by atoms with van der Waals surface area (Å²) in [6, 6.07) is 6.22. The number of hydrogen-bond acceptors (Lipinski definition) is 4. The molecule has 3 heterocycles. The third-order valence-corrected chi connectivity index (χ3v) is 8.28. The Kier molecular flexibility index (Phi) is 4.94. The van der Waals surface area contributed by atoms with Gasteiger partial charge in [-0.25, -0.2) is 8.78 Å². The number of nitriles is 1. The number of rotatable bonds is 5. The van der Waals surface area contributed by atoms with Crippen LogP contribution in [-0.4, -0.2) is 39.3 Å². The van der Waals surface area contributed by atoms with E-state index >= 15 is 0 Å². The molecule has 7 nitrogen and oxygen atoms in total. The second-order valence-corrected chi connectivity index (χ2v) is 10.7. The molecule has 2 N–H and O–H groups in total. The van der Waals surface area contributed by atoms with Gasteiger partial charge in [0.1, 0.15) is 17.8 Å². The van der Waals surface area contributed by atoms with Crippen LogP contribution in [-0.2, 0) is 4.79 Å². The number of pyridine rings is 1. The Balaban J connectivity index is 1.29. The number of fused-ring (bicyclic) bond motifs is 2. The van der Waals surface area contributed by atoms with Crippen molar-refractivity contribution in [3.63, 3.8) is 0 Å². The van der Waals surface area contributed by atoms with Crippen molar-refractivity contribution in [3.05, 3.63) is 65.2 Å². The van der Waals surface area contributed by atoms with Gasteiger partial charge in [0.25, 0.3) is 5.91 Å². The van der Waals surface area contributed by atoms with Gasteiger partial charge in [-0.15, -0.1) is 0 Å². The summed E-state index contributed by atoms with van der Waals surface area (Å²) in [5, 5.41) is 12.9. The molecule has 4 atom stereocenters. The molecule has 1 unspecified atom stereocenters. The number of H-pyrrole nitrogens is 1. The van der Waals surface area contributed by atoms with Crippen LogP contribution in [0.4, 0.5) is 8.78 Å². The highest BCUT2D eigenvalue weighted by atomic mass is 19.2. The Bertz CT molecular complexity index is 1450. The van der Waals surface area contributed by atoms with Crippen LogP contribution in [0.5, 0.6) is 0 Å². The molecule has 3 aliphatic rings. The van der Waals surface area contributed by atoms with E-state index in [1.807, 2.05) is 12.1 Å². The van der Waals surface area contributed by atoms with Crippen LogP contribution in [0.25, 0.3) is 10.8 Å². The van der Waals surface area contributed by atoms with Crippen LogP contribution in [0.2, 0.25) is 0 Å². The number of piperidine rings is 1. The van der Waals surface area contributed by atoms with E-state index in [0.29, 0.717) is 23.5 Å². The first-order chi connectivity index (χ1) is 17.2. The molecule has 1 saturated heterocycles. The van der Waals surface area contributed by atoms with Crippen molar-refractivity contribution in [3.8, 4) is 6.07 Å². The number of likely N-dealkylation sites (tertiary alicyclic amines) is 1. The quantitative estimate of drug-likeness (QED) is 0.561. The third kappa shape index (κ3) is 3.39. The molecule has 0 radical (unpaired) electrons. The fourth-order valence-corrected chi connectivity index (χ4v) is 5.96. The number of benzene rings is 1. The summed E-state index contributed by atoms with van der Waals surface area (Å²) < 4.78 is 28.0. The molecule has 2 amide bonds. The van der Waals surface area contributed by atoms with Gasteiger partial charge in [-0.1, -0.05) is 19.9 Å². The minimum absolute atomic E-state index is 0.0316. The highest BCUT2D eigenvalue weighted by Crippen LogP contribution is 2.65. The van der Waals surface area contributed by atoms with Gasteiger partial charge in [0.05, 0.1) is 6.07 Å². The molecule has 1 aromatic carbocycles. The molecule has 2 aliphatic carbocycles. The number of halogens is 2. The number of carbonyl (C=O) groups excluding carboxylic acids is 2. The smallest absolute Gasteiger partial charge is 0.270 e. The van der Waals surface area contributed by atoms with Crippen molar-refractivity contribution < 1.29 is 18.4 Å². The summed E-state index contributed by atoms with van der Waals surface area (Å²) in [6.45, 7) is 4.62. The second kappa shape index (κ2) is 7.85. The Morgan fingerprint density at radius 3 is 2.69 bits per heavy atom. The summed E-state index contributed by atoms with van der Waals surface area (Å²) >= 11 is 0. The minimum Gasteiger partial charge on any atom is -0.354 e. The predicted molar refractivity (Wildman–Crippen MR) is 127 cm³/mol. The lowest BCUT2D eigenvalue weighted by molar-refractivity contribution is -0.126. The first-order valence-electron chi connectivity index (χ1n) is 12.1. The van der Waals surface area contributed by atoms with E-state index in [-0.39, 0.29) is 34.1 Å². The number of nitrogens with one attached hydrogen (secondary N) is 2. The van der Waals surface area contributed by atoms with Crippen molar-refractivity contribution in [2.75, 3.05) is 6.54 Å². The van der Waals surface area contributed by atoms with E-state index in [0.717, 1.165) is 24.6 Å². The lowest BCUT2D eigenvalue weighted by Gasteiger charge is -2.30. The first kappa shape index (κ1) is 22.7. The van der Waals surface area contributed by atoms with Crippen LogP contribution in [0, 0.1) is 40.2 Å². The molecular weight excluding hydrogens is 464 g/mol. The monoisotopic (exact) mass is 489 g/mol. The van der Waals surface area contributed by atoms with Crippen LogP contribution < -0.4 is 5.32 Å². The van der Waals surface area contributed by atoms with Crippen molar-refractivity contribution in [1.29, 1.82) is 5.26 Å². The number of hydrogen-bond donors (Lipinski definition) is 2. The van der Waals surface area contributed by atoms with Gasteiger partial charge in [0, 0.05) is 35.6 Å². The first-order valence-corrected chi connectivity index (χ1v) is 12.1. The van der Waals surface area contributed by atoms with Crippen molar-refractivity contribution in [2.45, 2.75) is 44.7 Å². The van der Waals surface area contributed by atoms with Crippen molar-refractivity contribution in [1.82, 2.24) is 20.2 Å². The summed E-state index contributed by atoms with van der Waals surface area (Å²) in [6.07, 6.45) is 4.77. The SMILES string of the molecule is CC1(C)[C@@H]2[C@@H](C(=O)NC(C#N)c3cncc4c(F)c(F)ccc34)N(C(=O)c3ccc(C4CC4)[nH]3)C[C@@H]21. The molecule has 2 saturated carbocycles. The lowest BCUT2D eigenvalue weighted by Crippen LogP contribution is -2.50. The lowest BCUT2D eigenvalue weighted by atomic mass is 9.98. The van der Waals surface area contributed by atoms with E-state index in [1.165, 1.54) is 18.5 Å². The zero-order chi connectivity index (χ0) is 25.4. The molecule has 0 bridgehead atoms. The molecule has 2 aromatic heterocycles. The van der Waals surface area contributed by atoms with Gasteiger partial charge in [-0.05, 0) is 59.6 Å². The van der Waals surface area contributed by atoms with Crippen LogP contribution in [0.1, 0.15) is 60.4 Å². The highest BCUT2D eigenvalue weighted by Gasteiger charge is 2.69. The second-order valence-electron chi connectivity index (χ2n) is 10.7. The number of aromatic nitrogens is 2. The largest absolute Gasteiger partial charge is 0.354 e. The molecule has 1 aliphatic heterocycles. The fourth-order valence-electron chi connectivity index (χ4n) is 5.96. The van der Waals surface area contributed by atoms with Gasteiger partial charge >= 0.3 is 0 Å². The van der Waals surface area contributed by atoms with Gasteiger partial charge in [0.15, 0.2) is 11.6 Å². The highest BCUT2D eigenvalue weighted by molar-refractivity contribution is 5.98. The predicted octanol–water partition coefficient (Wildman–Crippen LogP) is 4.20. The van der Waals surface area contributed by atoms with Crippen LogP contribution in [0.15, 0.2) is 36.7 Å². The van der Waals surface area contributed by atoms with Gasteiger partial charge in [0.2, 0.25) is 5.91 Å². The van der Waals surface area contributed by atoms with Crippen LogP contribution >= 0.6 is 0 Å². The molecule has 3 fully saturated rings. The summed E-state index contributed by atoms with van der Waals surface area (Å²) in [4.78, 5) is 35.8. The van der Waals surface area contributed by atoms with Gasteiger partial charge in [-0.3, -0.25) is 14.6 Å². The zero-order valence-corrected chi connectivity index (χ0v) is 19.9. The van der Waals surface area contributed by atoms with E-state index in [1.54, 1.807) is 11.0 Å². The Labute approximate surface area is 206 Å². The fraction of sp³-hybridized carbons (Fsp3) is 0.407.